The van der Waals surface area contributed by atoms with E-state index in [1.54, 1.807) is 35.9 Å². The molecule has 0 radical (unpaired) electrons. The third-order valence-corrected chi connectivity index (χ3v) is 4.24. The van der Waals surface area contributed by atoms with Gasteiger partial charge in [-0.25, -0.2) is 9.67 Å². The zero-order valence-electron chi connectivity index (χ0n) is 14.4. The molecule has 1 aromatic carbocycles. The third kappa shape index (κ3) is 4.13. The van der Waals surface area contributed by atoms with Crippen molar-refractivity contribution in [1.29, 1.82) is 0 Å². The number of hydrogen-bond acceptors (Lipinski definition) is 3. The molecule has 1 amide bonds. The summed E-state index contributed by atoms with van der Waals surface area (Å²) in [4.78, 5) is 17.8. The Hall–Kier alpha value is -2.81. The first-order valence-corrected chi connectivity index (χ1v) is 8.26. The highest BCUT2D eigenvalue weighted by Gasteiger charge is 2.33. The van der Waals surface area contributed by atoms with Gasteiger partial charge in [-0.15, -0.1) is 0 Å². The van der Waals surface area contributed by atoms with Gasteiger partial charge in [0, 0.05) is 16.3 Å². The largest absolute Gasteiger partial charge is 0.432 e. The summed E-state index contributed by atoms with van der Waals surface area (Å²) in [7, 11) is 0. The first-order valence-electron chi connectivity index (χ1n) is 7.88. The summed E-state index contributed by atoms with van der Waals surface area (Å²) in [6.07, 6.45) is -3.97. The summed E-state index contributed by atoms with van der Waals surface area (Å²) in [5, 5.41) is 7.36. The monoisotopic (exact) mass is 397 g/mol. The number of imidazole rings is 1. The highest BCUT2D eigenvalue weighted by Crippen LogP contribution is 2.28. The summed E-state index contributed by atoms with van der Waals surface area (Å²) in [6, 6.07) is 7.06. The molecule has 2 heterocycles. The van der Waals surface area contributed by atoms with E-state index in [2.05, 4.69) is 15.4 Å². The van der Waals surface area contributed by atoms with E-state index in [1.807, 2.05) is 11.9 Å². The molecule has 0 aliphatic heterocycles. The lowest BCUT2D eigenvalue weighted by Gasteiger charge is -2.06. The normalized spacial score (nSPS) is 11.6. The molecule has 0 aliphatic carbocycles. The Morgan fingerprint density at radius 1 is 1.26 bits per heavy atom. The van der Waals surface area contributed by atoms with Crippen LogP contribution in [0, 0.1) is 13.8 Å². The number of aromatic amines is 1. The number of aromatic nitrogens is 4. The van der Waals surface area contributed by atoms with Crippen LogP contribution in [0.1, 0.15) is 22.6 Å². The number of alkyl halides is 3. The predicted octanol–water partition coefficient (Wildman–Crippen LogP) is 4.07. The van der Waals surface area contributed by atoms with Crippen molar-refractivity contribution in [3.63, 3.8) is 0 Å². The van der Waals surface area contributed by atoms with Gasteiger partial charge in [-0.1, -0.05) is 11.6 Å². The van der Waals surface area contributed by atoms with E-state index >= 15 is 0 Å². The van der Waals surface area contributed by atoms with Crippen LogP contribution in [0.25, 0.3) is 5.69 Å². The van der Waals surface area contributed by atoms with Crippen LogP contribution in [0.2, 0.25) is 5.02 Å². The Kier molecular flexibility index (Phi) is 4.97. The fourth-order valence-corrected chi connectivity index (χ4v) is 2.76. The predicted molar refractivity (Wildman–Crippen MR) is 94.0 cm³/mol. The highest BCUT2D eigenvalue weighted by molar-refractivity contribution is 6.30. The molecule has 3 rings (SSSR count). The molecule has 10 heteroatoms. The van der Waals surface area contributed by atoms with Crippen molar-refractivity contribution in [1.82, 2.24) is 19.7 Å². The minimum atomic E-state index is -4.55. The molecule has 3 aromatic rings. The smallest absolute Gasteiger partial charge is 0.320 e. The minimum absolute atomic E-state index is 0.0483. The fourth-order valence-electron chi connectivity index (χ4n) is 2.63. The number of halogens is 4. The zero-order chi connectivity index (χ0) is 19.8. The second-order valence-corrected chi connectivity index (χ2v) is 6.34. The number of carbonyl (C=O) groups excluding carboxylic acids is 1. The van der Waals surface area contributed by atoms with Crippen molar-refractivity contribution in [2.45, 2.75) is 26.4 Å². The number of rotatable bonds is 4. The minimum Gasteiger partial charge on any atom is -0.320 e. The SMILES string of the molecule is Cc1nn(-c2ccc(Cl)cc2)c(C)c1CC(=O)Nc1ncc(C(F)(F)F)[nH]1. The van der Waals surface area contributed by atoms with Gasteiger partial charge in [0.15, 0.2) is 0 Å². The molecule has 0 aliphatic rings. The van der Waals surface area contributed by atoms with Gasteiger partial charge in [0.1, 0.15) is 5.69 Å². The third-order valence-electron chi connectivity index (χ3n) is 3.99. The Balaban J connectivity index is 1.76. The van der Waals surface area contributed by atoms with E-state index in [1.165, 1.54) is 0 Å². The van der Waals surface area contributed by atoms with Crippen molar-refractivity contribution in [2.24, 2.45) is 0 Å². The maximum absolute atomic E-state index is 12.6. The number of benzene rings is 1. The first kappa shape index (κ1) is 19.0. The van der Waals surface area contributed by atoms with Gasteiger partial charge in [0.25, 0.3) is 0 Å². The molecule has 0 bridgehead atoms. The standard InChI is InChI=1S/C17H15ClF3N5O/c1-9-13(10(2)26(25-9)12-5-3-11(18)4-6-12)7-15(27)24-16-22-8-14(23-16)17(19,20)21/h3-6,8H,7H2,1-2H3,(H2,22,23,24,27). The summed E-state index contributed by atoms with van der Waals surface area (Å²) in [5.74, 6) is -0.757. The number of anilines is 1. The summed E-state index contributed by atoms with van der Waals surface area (Å²) in [6.45, 7) is 3.57. The molecular weight excluding hydrogens is 383 g/mol. The molecule has 0 atom stereocenters. The van der Waals surface area contributed by atoms with Gasteiger partial charge in [-0.05, 0) is 38.1 Å². The van der Waals surface area contributed by atoms with Crippen LogP contribution in [0.3, 0.4) is 0 Å². The molecule has 142 valence electrons. The van der Waals surface area contributed by atoms with Crippen molar-refractivity contribution in [3.05, 3.63) is 58.1 Å². The van der Waals surface area contributed by atoms with Gasteiger partial charge in [-0.2, -0.15) is 18.3 Å². The average Bonchev–Trinajstić information content (AvgIpc) is 3.16. The van der Waals surface area contributed by atoms with Crippen LogP contribution in [0.5, 0.6) is 0 Å². The number of hydrogen-bond donors (Lipinski definition) is 2. The lowest BCUT2D eigenvalue weighted by Crippen LogP contribution is -2.16. The molecule has 0 unspecified atom stereocenters. The lowest BCUT2D eigenvalue weighted by molar-refractivity contribution is -0.140. The van der Waals surface area contributed by atoms with E-state index in [9.17, 15) is 18.0 Å². The van der Waals surface area contributed by atoms with Crippen LogP contribution in [-0.2, 0) is 17.4 Å². The number of aryl methyl sites for hydroxylation is 1. The van der Waals surface area contributed by atoms with E-state index in [0.717, 1.165) is 11.4 Å². The maximum Gasteiger partial charge on any atom is 0.432 e. The second kappa shape index (κ2) is 7.07. The molecule has 27 heavy (non-hydrogen) atoms. The molecule has 2 aromatic heterocycles. The second-order valence-electron chi connectivity index (χ2n) is 5.91. The average molecular weight is 398 g/mol. The number of nitrogens with zero attached hydrogens (tertiary/aromatic N) is 3. The Morgan fingerprint density at radius 3 is 2.52 bits per heavy atom. The quantitative estimate of drug-likeness (QED) is 0.697. The molecule has 0 spiro atoms. The molecule has 0 fully saturated rings. The van der Waals surface area contributed by atoms with Crippen molar-refractivity contribution < 1.29 is 18.0 Å². The van der Waals surface area contributed by atoms with Crippen molar-refractivity contribution in [2.75, 3.05) is 5.32 Å². The van der Waals surface area contributed by atoms with Gasteiger partial charge >= 0.3 is 6.18 Å². The van der Waals surface area contributed by atoms with E-state index in [0.29, 0.717) is 22.5 Å². The molecule has 2 N–H and O–H groups in total. The van der Waals surface area contributed by atoms with Crippen molar-refractivity contribution >= 4 is 23.5 Å². The molecule has 6 nitrogen and oxygen atoms in total. The number of H-pyrrole nitrogens is 1. The van der Waals surface area contributed by atoms with E-state index < -0.39 is 17.8 Å². The molecule has 0 saturated carbocycles. The van der Waals surface area contributed by atoms with Crippen LogP contribution in [0.15, 0.2) is 30.5 Å². The Bertz CT molecular complexity index is 976. The van der Waals surface area contributed by atoms with Crippen LogP contribution >= 0.6 is 11.6 Å². The Morgan fingerprint density at radius 2 is 1.93 bits per heavy atom. The topological polar surface area (TPSA) is 75.6 Å². The zero-order valence-corrected chi connectivity index (χ0v) is 15.1. The molecule has 0 saturated heterocycles. The van der Waals surface area contributed by atoms with Crippen molar-refractivity contribution in [3.8, 4) is 5.69 Å². The maximum atomic E-state index is 12.6. The first-order chi connectivity index (χ1) is 12.6. The lowest BCUT2D eigenvalue weighted by atomic mass is 10.1. The van der Waals surface area contributed by atoms with Gasteiger partial charge < -0.3 is 4.98 Å². The van der Waals surface area contributed by atoms with E-state index in [-0.39, 0.29) is 12.4 Å². The van der Waals surface area contributed by atoms with Gasteiger partial charge in [0.2, 0.25) is 11.9 Å². The van der Waals surface area contributed by atoms with E-state index in [4.69, 9.17) is 11.6 Å². The van der Waals surface area contributed by atoms with Crippen LogP contribution in [-0.4, -0.2) is 25.7 Å². The summed E-state index contributed by atoms with van der Waals surface area (Å²) >= 11 is 5.89. The number of amides is 1. The summed E-state index contributed by atoms with van der Waals surface area (Å²) in [5.41, 5.74) is 1.84. The van der Waals surface area contributed by atoms with Gasteiger partial charge in [0.05, 0.1) is 24.0 Å². The highest BCUT2D eigenvalue weighted by atomic mass is 35.5. The van der Waals surface area contributed by atoms with Crippen LogP contribution in [0.4, 0.5) is 19.1 Å². The summed E-state index contributed by atoms with van der Waals surface area (Å²) < 4.78 is 39.4. The van der Waals surface area contributed by atoms with Gasteiger partial charge in [-0.3, -0.25) is 10.1 Å². The molecular formula is C17H15ClF3N5O. The fraction of sp³-hybridized carbons (Fsp3) is 0.235. The number of carbonyl (C=O) groups is 1. The van der Waals surface area contributed by atoms with Crippen LogP contribution < -0.4 is 5.32 Å². The number of nitrogens with one attached hydrogen (secondary N) is 2. The Labute approximate surface area is 157 Å².